The van der Waals surface area contributed by atoms with E-state index in [2.05, 4.69) is 10.0 Å². The van der Waals surface area contributed by atoms with Crippen LogP contribution in [0, 0.1) is 23.7 Å². The van der Waals surface area contributed by atoms with Gasteiger partial charge in [0.1, 0.15) is 17.0 Å². The van der Waals surface area contributed by atoms with Crippen LogP contribution in [0.5, 0.6) is 11.5 Å². The number of nitrogens with zero attached hydrogens (tertiary/aromatic N) is 2. The first kappa shape index (κ1) is 35.0. The SMILES string of the molecule is COc1cccc(OC)c1-c1cc(C(=O)NC2(C(=O)O)C3CC4CC(C3)CC2C4)nn1-c1ccc(NS(=O)(=O)CCN)c2c1CCCC2.Cl. The minimum Gasteiger partial charge on any atom is -0.496 e. The van der Waals surface area contributed by atoms with Crippen molar-refractivity contribution in [2.24, 2.45) is 29.4 Å². The van der Waals surface area contributed by atoms with Crippen molar-refractivity contribution in [1.29, 1.82) is 0 Å². The molecule has 0 saturated heterocycles. The molecule has 49 heavy (non-hydrogen) atoms. The molecule has 5 aliphatic carbocycles. The molecule has 1 aromatic heterocycles. The van der Waals surface area contributed by atoms with E-state index in [1.54, 1.807) is 49.2 Å². The summed E-state index contributed by atoms with van der Waals surface area (Å²) < 4.78 is 41.3. The average Bonchev–Trinajstić information content (AvgIpc) is 3.50. The predicted molar refractivity (Wildman–Crippen MR) is 187 cm³/mol. The highest BCUT2D eigenvalue weighted by Gasteiger charge is 2.62. The van der Waals surface area contributed by atoms with Crippen LogP contribution in [0.3, 0.4) is 0 Å². The minimum absolute atomic E-state index is 0. The number of methoxy groups -OCH3 is 2. The van der Waals surface area contributed by atoms with Crippen molar-refractivity contribution in [1.82, 2.24) is 15.1 Å². The Balaban J connectivity index is 0.00000417. The van der Waals surface area contributed by atoms with Gasteiger partial charge in [-0.3, -0.25) is 9.52 Å². The van der Waals surface area contributed by atoms with Crippen LogP contribution in [0.4, 0.5) is 5.69 Å². The molecule has 0 atom stereocenters. The van der Waals surface area contributed by atoms with Crippen molar-refractivity contribution in [3.05, 3.63) is 53.2 Å². The van der Waals surface area contributed by atoms with Gasteiger partial charge in [-0.2, -0.15) is 5.10 Å². The highest BCUT2D eigenvalue weighted by atomic mass is 35.5. The maximum Gasteiger partial charge on any atom is 0.330 e. The smallest absolute Gasteiger partial charge is 0.330 e. The number of nitrogens with one attached hydrogen (secondary N) is 2. The predicted octanol–water partition coefficient (Wildman–Crippen LogP) is 4.57. The summed E-state index contributed by atoms with van der Waals surface area (Å²) in [4.78, 5) is 27.3. The van der Waals surface area contributed by atoms with E-state index in [1.807, 2.05) is 6.07 Å². The molecule has 1 heterocycles. The van der Waals surface area contributed by atoms with E-state index in [4.69, 9.17) is 20.3 Å². The number of carbonyl (C=O) groups is 2. The van der Waals surface area contributed by atoms with Crippen LogP contribution in [-0.2, 0) is 27.7 Å². The first-order valence-electron chi connectivity index (χ1n) is 16.8. The van der Waals surface area contributed by atoms with Crippen molar-refractivity contribution in [2.45, 2.75) is 63.3 Å². The molecule has 14 heteroatoms. The number of aliphatic carboxylic acids is 1. The highest BCUT2D eigenvalue weighted by molar-refractivity contribution is 7.92. The summed E-state index contributed by atoms with van der Waals surface area (Å²) in [6, 6.07) is 10.6. The molecule has 8 rings (SSSR count). The number of fused-ring (bicyclic) bond motifs is 1. The molecule has 1 amide bonds. The summed E-state index contributed by atoms with van der Waals surface area (Å²) in [5.74, 6) is 0.110. The number of sulfonamides is 1. The van der Waals surface area contributed by atoms with Gasteiger partial charge in [0.25, 0.3) is 5.91 Å². The normalized spacial score (nSPS) is 25.2. The molecule has 0 radical (unpaired) electrons. The summed E-state index contributed by atoms with van der Waals surface area (Å²) in [6.45, 7) is 0.00363. The molecule has 0 unspecified atom stereocenters. The van der Waals surface area contributed by atoms with Gasteiger partial charge in [-0.05, 0) is 123 Å². The lowest BCUT2D eigenvalue weighted by Crippen LogP contribution is -2.70. The van der Waals surface area contributed by atoms with Crippen molar-refractivity contribution < 1.29 is 32.6 Å². The number of nitrogens with two attached hydrogens (primary N) is 1. The van der Waals surface area contributed by atoms with E-state index in [0.29, 0.717) is 58.8 Å². The zero-order chi connectivity index (χ0) is 33.8. The van der Waals surface area contributed by atoms with Crippen LogP contribution in [0.25, 0.3) is 16.9 Å². The van der Waals surface area contributed by atoms with Crippen LogP contribution in [0.1, 0.15) is 66.6 Å². The maximum absolute atomic E-state index is 14.2. The third kappa shape index (κ3) is 6.03. The molecule has 4 saturated carbocycles. The fourth-order valence-corrected chi connectivity index (χ4v) is 10.2. The molecule has 264 valence electrons. The van der Waals surface area contributed by atoms with Crippen LogP contribution in [0.15, 0.2) is 36.4 Å². The number of hydrogen-bond donors (Lipinski definition) is 4. The second kappa shape index (κ2) is 13.5. The zero-order valence-corrected chi connectivity index (χ0v) is 29.4. The highest BCUT2D eigenvalue weighted by Crippen LogP contribution is 2.58. The number of benzene rings is 2. The van der Waals surface area contributed by atoms with Gasteiger partial charge in [0.15, 0.2) is 5.69 Å². The number of anilines is 1. The van der Waals surface area contributed by atoms with Crippen molar-refractivity contribution in [3.8, 4) is 28.4 Å². The van der Waals surface area contributed by atoms with Crippen LogP contribution < -0.4 is 25.2 Å². The second-order valence-corrected chi connectivity index (χ2v) is 15.6. The van der Waals surface area contributed by atoms with Gasteiger partial charge in [0.2, 0.25) is 10.0 Å². The Kier molecular flexibility index (Phi) is 9.64. The fraction of sp³-hybridized carbons (Fsp3) is 0.514. The Bertz CT molecular complexity index is 1830. The van der Waals surface area contributed by atoms with Gasteiger partial charge in [0, 0.05) is 6.54 Å². The van der Waals surface area contributed by atoms with E-state index in [-0.39, 0.29) is 42.2 Å². The summed E-state index contributed by atoms with van der Waals surface area (Å²) in [5, 5.41) is 18.6. The standard InChI is InChI=1S/C35H43N5O7S.ClH/c1-46-30-8-5-9-31(47-2)32(30)29-19-27(33(41)37-35(34(42)43)22-15-20-14-21(17-22)18-23(35)16-20)38-40(29)28-11-10-26(39-48(44,45)13-12-36)24-6-3-4-7-25(24)28;/h5,8-11,19-23,39H,3-4,6-7,12-18,36H2,1-2H3,(H,37,41)(H,42,43);1H. The third-order valence-electron chi connectivity index (χ3n) is 11.1. The van der Waals surface area contributed by atoms with Gasteiger partial charge >= 0.3 is 5.97 Å². The molecule has 0 spiro atoms. The quantitative estimate of drug-likeness (QED) is 0.222. The van der Waals surface area contributed by atoms with Crippen molar-refractivity contribution in [3.63, 3.8) is 0 Å². The fourth-order valence-electron chi connectivity index (χ4n) is 9.26. The third-order valence-corrected chi connectivity index (χ3v) is 12.4. The Morgan fingerprint density at radius 2 is 1.59 bits per heavy atom. The molecular weight excluding hydrogens is 670 g/mol. The number of ether oxygens (including phenoxy) is 2. The van der Waals surface area contributed by atoms with Crippen LogP contribution >= 0.6 is 12.4 Å². The summed E-state index contributed by atoms with van der Waals surface area (Å²) >= 11 is 0. The average molecular weight is 714 g/mol. The molecule has 2 aromatic carbocycles. The number of carboxylic acid groups (broad SMARTS) is 1. The molecular formula is C35H44ClN5O7S. The lowest BCUT2D eigenvalue weighted by molar-refractivity contribution is -0.163. The van der Waals surface area contributed by atoms with Gasteiger partial charge in [-0.15, -0.1) is 12.4 Å². The van der Waals surface area contributed by atoms with E-state index < -0.39 is 27.4 Å². The molecule has 4 bridgehead atoms. The van der Waals surface area contributed by atoms with E-state index in [9.17, 15) is 23.1 Å². The van der Waals surface area contributed by atoms with Crippen LogP contribution in [-0.4, -0.2) is 67.2 Å². The van der Waals surface area contributed by atoms with E-state index >= 15 is 0 Å². The largest absolute Gasteiger partial charge is 0.496 e. The number of carbonyl (C=O) groups excluding carboxylic acids is 1. The molecule has 5 N–H and O–H groups in total. The number of hydrogen-bond acceptors (Lipinski definition) is 8. The summed E-state index contributed by atoms with van der Waals surface area (Å²) in [7, 11) is -0.527. The maximum atomic E-state index is 14.2. The van der Waals surface area contributed by atoms with Crippen molar-refractivity contribution in [2.75, 3.05) is 31.2 Å². The summed E-state index contributed by atoms with van der Waals surface area (Å²) in [5.41, 5.74) is 8.38. The Hall–Kier alpha value is -3.81. The first-order chi connectivity index (χ1) is 23.1. The lowest BCUT2D eigenvalue weighted by Gasteiger charge is -2.59. The molecule has 3 aromatic rings. The number of amides is 1. The number of rotatable bonds is 11. The Labute approximate surface area is 292 Å². The number of carboxylic acids is 1. The van der Waals surface area contributed by atoms with Gasteiger partial charge in [0.05, 0.1) is 42.6 Å². The molecule has 4 fully saturated rings. The van der Waals surface area contributed by atoms with E-state index in [0.717, 1.165) is 56.1 Å². The topological polar surface area (TPSA) is 175 Å². The zero-order valence-electron chi connectivity index (χ0n) is 27.7. The van der Waals surface area contributed by atoms with Gasteiger partial charge < -0.3 is 25.6 Å². The monoisotopic (exact) mass is 713 g/mol. The Morgan fingerprint density at radius 1 is 0.980 bits per heavy atom. The van der Waals surface area contributed by atoms with Crippen molar-refractivity contribution >= 4 is 40.0 Å². The molecule has 0 aliphatic heterocycles. The first-order valence-corrected chi connectivity index (χ1v) is 18.5. The van der Waals surface area contributed by atoms with Crippen LogP contribution in [0.2, 0.25) is 0 Å². The molecule has 5 aliphatic rings. The number of halogens is 1. The van der Waals surface area contributed by atoms with Gasteiger partial charge in [-0.1, -0.05) is 6.07 Å². The Morgan fingerprint density at radius 3 is 2.16 bits per heavy atom. The summed E-state index contributed by atoms with van der Waals surface area (Å²) in [6.07, 6.45) is 7.53. The minimum atomic E-state index is -3.64. The van der Waals surface area contributed by atoms with Gasteiger partial charge in [-0.25, -0.2) is 17.9 Å². The lowest BCUT2D eigenvalue weighted by atomic mass is 9.48. The van der Waals surface area contributed by atoms with E-state index in [1.165, 1.54) is 0 Å². The second-order valence-electron chi connectivity index (χ2n) is 13.8. The molecule has 12 nitrogen and oxygen atoms in total. The number of aromatic nitrogens is 2.